The van der Waals surface area contributed by atoms with Crippen molar-refractivity contribution in [3.8, 4) is 0 Å². The van der Waals surface area contributed by atoms with Gasteiger partial charge in [0.25, 0.3) is 0 Å². The van der Waals surface area contributed by atoms with Crippen molar-refractivity contribution in [2.45, 2.75) is 25.4 Å². The molecule has 1 saturated carbocycles. The molecule has 0 heterocycles. The summed E-state index contributed by atoms with van der Waals surface area (Å²) < 4.78 is 12.7. The van der Waals surface area contributed by atoms with Crippen molar-refractivity contribution < 1.29 is 4.39 Å². The second kappa shape index (κ2) is 4.93. The van der Waals surface area contributed by atoms with Crippen LogP contribution < -0.4 is 5.73 Å². The molecule has 0 aromatic heterocycles. The van der Waals surface area contributed by atoms with E-state index in [9.17, 15) is 4.39 Å². The van der Waals surface area contributed by atoms with Gasteiger partial charge < -0.3 is 10.6 Å². The van der Waals surface area contributed by atoms with Crippen LogP contribution in [0.5, 0.6) is 0 Å². The van der Waals surface area contributed by atoms with Crippen LogP contribution in [0.4, 0.5) is 4.39 Å². The van der Waals surface area contributed by atoms with E-state index in [1.165, 1.54) is 25.0 Å². The smallest absolute Gasteiger partial charge is 0.123 e. The molecule has 0 radical (unpaired) electrons. The fourth-order valence-corrected chi connectivity index (χ4v) is 2.00. The summed E-state index contributed by atoms with van der Waals surface area (Å²) in [5, 5.41) is 0. The minimum absolute atomic E-state index is 0.180. The molecule has 88 valence electrons. The molecule has 16 heavy (non-hydrogen) atoms. The number of rotatable bonds is 5. The van der Waals surface area contributed by atoms with Gasteiger partial charge in [-0.25, -0.2) is 4.39 Å². The molecule has 1 aliphatic carbocycles. The Morgan fingerprint density at radius 2 is 2.00 bits per heavy atom. The van der Waals surface area contributed by atoms with Crippen LogP contribution in [0, 0.1) is 11.7 Å². The molecule has 1 atom stereocenters. The predicted octanol–water partition coefficient (Wildman–Crippen LogP) is 1.99. The first kappa shape index (κ1) is 11.6. The number of hydrogen-bond donors (Lipinski definition) is 1. The van der Waals surface area contributed by atoms with Crippen LogP contribution in [0.2, 0.25) is 0 Å². The molecule has 1 aromatic carbocycles. The Kier molecular flexibility index (Phi) is 3.56. The molecule has 1 unspecified atom stereocenters. The van der Waals surface area contributed by atoms with Crippen LogP contribution in [-0.2, 0) is 6.54 Å². The van der Waals surface area contributed by atoms with Crippen LogP contribution >= 0.6 is 0 Å². The maximum atomic E-state index is 12.7. The highest BCUT2D eigenvalue weighted by Crippen LogP contribution is 2.31. The van der Waals surface area contributed by atoms with Crippen molar-refractivity contribution in [1.82, 2.24) is 4.90 Å². The lowest BCUT2D eigenvalue weighted by Crippen LogP contribution is -2.36. The van der Waals surface area contributed by atoms with Crippen molar-refractivity contribution in [2.24, 2.45) is 11.7 Å². The Hall–Kier alpha value is -0.930. The number of nitrogens with zero attached hydrogens (tertiary/aromatic N) is 1. The Balaban J connectivity index is 1.81. The van der Waals surface area contributed by atoms with Gasteiger partial charge in [-0.3, -0.25) is 0 Å². The van der Waals surface area contributed by atoms with Gasteiger partial charge in [0, 0.05) is 19.1 Å². The highest BCUT2D eigenvalue weighted by Gasteiger charge is 2.28. The minimum atomic E-state index is -0.180. The molecule has 0 bridgehead atoms. The molecule has 0 spiro atoms. The predicted molar refractivity (Wildman–Crippen MR) is 63.4 cm³/mol. The average Bonchev–Trinajstić information content (AvgIpc) is 3.04. The summed E-state index contributed by atoms with van der Waals surface area (Å²) in [6.45, 7) is 1.75. The maximum Gasteiger partial charge on any atom is 0.123 e. The van der Waals surface area contributed by atoms with Gasteiger partial charge in [-0.15, -0.1) is 0 Å². The van der Waals surface area contributed by atoms with Crippen LogP contribution in [0.25, 0.3) is 0 Å². The van der Waals surface area contributed by atoms with E-state index in [2.05, 4.69) is 11.9 Å². The first-order valence-electron chi connectivity index (χ1n) is 5.83. The van der Waals surface area contributed by atoms with Crippen molar-refractivity contribution in [1.29, 1.82) is 0 Å². The zero-order valence-electron chi connectivity index (χ0n) is 9.70. The van der Waals surface area contributed by atoms with E-state index < -0.39 is 0 Å². The third-order valence-electron chi connectivity index (χ3n) is 3.12. The molecule has 1 aromatic rings. The van der Waals surface area contributed by atoms with E-state index in [0.29, 0.717) is 6.04 Å². The van der Waals surface area contributed by atoms with E-state index in [0.717, 1.165) is 24.6 Å². The van der Waals surface area contributed by atoms with E-state index in [-0.39, 0.29) is 5.82 Å². The summed E-state index contributed by atoms with van der Waals surface area (Å²) in [4.78, 5) is 2.20. The fourth-order valence-electron chi connectivity index (χ4n) is 2.00. The van der Waals surface area contributed by atoms with Crippen molar-refractivity contribution in [2.75, 3.05) is 13.6 Å². The summed E-state index contributed by atoms with van der Waals surface area (Å²) in [5.41, 5.74) is 7.19. The normalized spacial score (nSPS) is 17.8. The number of halogens is 1. The van der Waals surface area contributed by atoms with E-state index in [1.54, 1.807) is 0 Å². The van der Waals surface area contributed by atoms with Gasteiger partial charge >= 0.3 is 0 Å². The summed E-state index contributed by atoms with van der Waals surface area (Å²) in [6, 6.07) is 6.96. The van der Waals surface area contributed by atoms with Gasteiger partial charge in [0.2, 0.25) is 0 Å². The summed E-state index contributed by atoms with van der Waals surface area (Å²) >= 11 is 0. The maximum absolute atomic E-state index is 12.7. The molecular weight excluding hydrogens is 203 g/mol. The molecule has 3 heteroatoms. The third kappa shape index (κ3) is 3.29. The fraction of sp³-hybridized carbons (Fsp3) is 0.538. The zero-order valence-corrected chi connectivity index (χ0v) is 9.70. The third-order valence-corrected chi connectivity index (χ3v) is 3.12. The van der Waals surface area contributed by atoms with E-state index in [4.69, 9.17) is 5.73 Å². The Morgan fingerprint density at radius 3 is 2.56 bits per heavy atom. The molecule has 1 aliphatic rings. The molecule has 0 aliphatic heterocycles. The lowest BCUT2D eigenvalue weighted by atomic mass is 10.1. The standard InChI is InChI=1S/C13H19FN2/c1-16(9-13(15)11-4-5-11)8-10-2-6-12(14)7-3-10/h2-3,6-7,11,13H,4-5,8-9,15H2,1H3. The molecule has 2 rings (SSSR count). The first-order valence-corrected chi connectivity index (χ1v) is 5.83. The molecule has 0 saturated heterocycles. The van der Waals surface area contributed by atoms with Crippen molar-refractivity contribution in [3.05, 3.63) is 35.6 Å². The lowest BCUT2D eigenvalue weighted by molar-refractivity contribution is 0.292. The topological polar surface area (TPSA) is 29.3 Å². The second-order valence-electron chi connectivity index (χ2n) is 4.82. The van der Waals surface area contributed by atoms with E-state index >= 15 is 0 Å². The summed E-state index contributed by atoms with van der Waals surface area (Å²) in [5.74, 6) is 0.553. The summed E-state index contributed by atoms with van der Waals surface area (Å²) in [6.07, 6.45) is 2.57. The van der Waals surface area contributed by atoms with Gasteiger partial charge in [-0.2, -0.15) is 0 Å². The highest BCUT2D eigenvalue weighted by atomic mass is 19.1. The molecule has 1 fully saturated rings. The molecule has 0 amide bonds. The van der Waals surface area contributed by atoms with E-state index in [1.807, 2.05) is 12.1 Å². The Morgan fingerprint density at radius 1 is 1.38 bits per heavy atom. The lowest BCUT2D eigenvalue weighted by Gasteiger charge is -2.21. The Labute approximate surface area is 96.2 Å². The quantitative estimate of drug-likeness (QED) is 0.825. The number of benzene rings is 1. The van der Waals surface area contributed by atoms with Gasteiger partial charge in [-0.1, -0.05) is 12.1 Å². The molecule has 2 nitrogen and oxygen atoms in total. The number of nitrogens with two attached hydrogens (primary N) is 1. The highest BCUT2D eigenvalue weighted by molar-refractivity contribution is 5.15. The van der Waals surface area contributed by atoms with Gasteiger partial charge in [0.05, 0.1) is 0 Å². The zero-order chi connectivity index (χ0) is 11.5. The number of likely N-dealkylation sites (N-methyl/N-ethyl adjacent to an activating group) is 1. The minimum Gasteiger partial charge on any atom is -0.326 e. The van der Waals surface area contributed by atoms with Crippen LogP contribution in [0.1, 0.15) is 18.4 Å². The van der Waals surface area contributed by atoms with Gasteiger partial charge in [-0.05, 0) is 43.5 Å². The van der Waals surface area contributed by atoms with Crippen LogP contribution in [0.3, 0.4) is 0 Å². The SMILES string of the molecule is CN(Cc1ccc(F)cc1)CC(N)C1CC1. The summed E-state index contributed by atoms with van der Waals surface area (Å²) in [7, 11) is 2.06. The number of hydrogen-bond acceptors (Lipinski definition) is 2. The van der Waals surface area contributed by atoms with Gasteiger partial charge in [0.15, 0.2) is 0 Å². The Bertz CT molecular complexity index is 332. The van der Waals surface area contributed by atoms with Crippen LogP contribution in [-0.4, -0.2) is 24.5 Å². The molecule has 2 N–H and O–H groups in total. The second-order valence-corrected chi connectivity index (χ2v) is 4.82. The first-order chi connectivity index (χ1) is 7.65. The van der Waals surface area contributed by atoms with Crippen LogP contribution in [0.15, 0.2) is 24.3 Å². The van der Waals surface area contributed by atoms with Crippen molar-refractivity contribution >= 4 is 0 Å². The monoisotopic (exact) mass is 222 g/mol. The van der Waals surface area contributed by atoms with Gasteiger partial charge in [0.1, 0.15) is 5.82 Å². The average molecular weight is 222 g/mol. The largest absolute Gasteiger partial charge is 0.326 e. The molecular formula is C13H19FN2. The van der Waals surface area contributed by atoms with Crippen molar-refractivity contribution in [3.63, 3.8) is 0 Å².